The van der Waals surface area contributed by atoms with E-state index in [9.17, 15) is 0 Å². The standard InChI is InChI=1S/C16H27N5S.HI/c1-3-15-19-13(11-22-15)10-18-16(17-2)20-12-6-8-21(9-7-12)14-4-5-14;/h11-12,14H,3-10H2,1-2H3,(H2,17,18,20);1H. The van der Waals surface area contributed by atoms with Gasteiger partial charge in [-0.1, -0.05) is 6.92 Å². The molecule has 5 nitrogen and oxygen atoms in total. The van der Waals surface area contributed by atoms with E-state index in [1.54, 1.807) is 11.3 Å². The highest BCUT2D eigenvalue weighted by Gasteiger charge is 2.31. The molecule has 23 heavy (non-hydrogen) atoms. The quantitative estimate of drug-likeness (QED) is 0.412. The van der Waals surface area contributed by atoms with Crippen molar-refractivity contribution >= 4 is 41.3 Å². The Morgan fingerprint density at radius 2 is 2.09 bits per heavy atom. The normalized spacial score (nSPS) is 20.2. The third-order valence-electron chi connectivity index (χ3n) is 4.50. The van der Waals surface area contributed by atoms with E-state index in [0.29, 0.717) is 6.04 Å². The van der Waals surface area contributed by atoms with Crippen LogP contribution in [0.4, 0.5) is 0 Å². The summed E-state index contributed by atoms with van der Waals surface area (Å²) in [6.07, 6.45) is 6.27. The summed E-state index contributed by atoms with van der Waals surface area (Å²) >= 11 is 1.74. The fourth-order valence-corrected chi connectivity index (χ4v) is 3.75. The number of guanidine groups is 1. The highest BCUT2D eigenvalue weighted by atomic mass is 127. The zero-order valence-electron chi connectivity index (χ0n) is 14.0. The lowest BCUT2D eigenvalue weighted by molar-refractivity contribution is 0.197. The zero-order chi connectivity index (χ0) is 15.4. The Bertz CT molecular complexity index is 506. The summed E-state index contributed by atoms with van der Waals surface area (Å²) in [5, 5.41) is 10.3. The molecule has 2 fully saturated rings. The van der Waals surface area contributed by atoms with Crippen LogP contribution in [-0.2, 0) is 13.0 Å². The van der Waals surface area contributed by atoms with Gasteiger partial charge in [0, 0.05) is 37.6 Å². The molecule has 2 heterocycles. The molecular weight excluding hydrogens is 421 g/mol. The molecule has 1 saturated carbocycles. The van der Waals surface area contributed by atoms with E-state index in [1.165, 1.54) is 43.8 Å². The SMILES string of the molecule is CCc1nc(CNC(=NC)NC2CCN(C3CC3)CC2)cs1.I. The van der Waals surface area contributed by atoms with Crippen molar-refractivity contribution < 1.29 is 0 Å². The van der Waals surface area contributed by atoms with Crippen LogP contribution >= 0.6 is 35.3 Å². The molecule has 1 aromatic heterocycles. The van der Waals surface area contributed by atoms with E-state index in [0.717, 1.165) is 30.7 Å². The van der Waals surface area contributed by atoms with Gasteiger partial charge in [0.1, 0.15) is 0 Å². The molecule has 0 spiro atoms. The molecule has 2 N–H and O–H groups in total. The molecule has 0 aromatic carbocycles. The van der Waals surface area contributed by atoms with E-state index in [2.05, 4.69) is 37.8 Å². The number of piperidine rings is 1. The Balaban J connectivity index is 0.00000192. The topological polar surface area (TPSA) is 52.6 Å². The van der Waals surface area contributed by atoms with Crippen molar-refractivity contribution in [3.63, 3.8) is 0 Å². The van der Waals surface area contributed by atoms with Gasteiger partial charge in [0.2, 0.25) is 0 Å². The van der Waals surface area contributed by atoms with Crippen LogP contribution in [0.15, 0.2) is 10.4 Å². The fraction of sp³-hybridized carbons (Fsp3) is 0.750. The third kappa shape index (κ3) is 5.56. The summed E-state index contributed by atoms with van der Waals surface area (Å²) in [4.78, 5) is 11.6. The first-order valence-electron chi connectivity index (χ1n) is 8.43. The van der Waals surface area contributed by atoms with Crippen molar-refractivity contribution in [2.75, 3.05) is 20.1 Å². The Morgan fingerprint density at radius 3 is 2.65 bits per heavy atom. The number of rotatable bonds is 5. The zero-order valence-corrected chi connectivity index (χ0v) is 17.2. The first-order chi connectivity index (χ1) is 10.8. The number of hydrogen-bond donors (Lipinski definition) is 2. The highest BCUT2D eigenvalue weighted by molar-refractivity contribution is 14.0. The lowest BCUT2D eigenvalue weighted by Gasteiger charge is -2.33. The second-order valence-electron chi connectivity index (χ2n) is 6.20. The van der Waals surface area contributed by atoms with Gasteiger partial charge in [0.25, 0.3) is 0 Å². The lowest BCUT2D eigenvalue weighted by Crippen LogP contribution is -2.48. The van der Waals surface area contributed by atoms with Crippen LogP contribution in [-0.4, -0.2) is 48.1 Å². The maximum absolute atomic E-state index is 4.58. The number of halogens is 1. The number of aryl methyl sites for hydroxylation is 1. The molecule has 0 unspecified atom stereocenters. The minimum atomic E-state index is 0. The van der Waals surface area contributed by atoms with Gasteiger partial charge in [-0.2, -0.15) is 0 Å². The van der Waals surface area contributed by atoms with Crippen molar-refractivity contribution in [1.82, 2.24) is 20.5 Å². The Labute approximate surface area is 160 Å². The van der Waals surface area contributed by atoms with E-state index >= 15 is 0 Å². The molecule has 1 aromatic rings. The second kappa shape index (κ2) is 9.17. The summed E-state index contributed by atoms with van der Waals surface area (Å²) < 4.78 is 0. The van der Waals surface area contributed by atoms with Gasteiger partial charge < -0.3 is 15.5 Å². The monoisotopic (exact) mass is 449 g/mol. The van der Waals surface area contributed by atoms with E-state index in [4.69, 9.17) is 0 Å². The number of aliphatic imine (C=N–C) groups is 1. The summed E-state index contributed by atoms with van der Waals surface area (Å²) in [5.41, 5.74) is 1.10. The summed E-state index contributed by atoms with van der Waals surface area (Å²) in [5.74, 6) is 0.899. The summed E-state index contributed by atoms with van der Waals surface area (Å²) in [7, 11) is 1.84. The van der Waals surface area contributed by atoms with Gasteiger partial charge in [-0.3, -0.25) is 4.99 Å². The minimum absolute atomic E-state index is 0. The van der Waals surface area contributed by atoms with Crippen LogP contribution in [0.1, 0.15) is 43.3 Å². The molecule has 2 aliphatic rings. The molecule has 0 atom stereocenters. The van der Waals surface area contributed by atoms with Gasteiger partial charge in [0.05, 0.1) is 17.2 Å². The smallest absolute Gasteiger partial charge is 0.191 e. The number of nitrogens with one attached hydrogen (secondary N) is 2. The summed E-state index contributed by atoms with van der Waals surface area (Å²) in [6, 6.07) is 1.44. The van der Waals surface area contributed by atoms with Crippen LogP contribution in [0, 0.1) is 0 Å². The number of thiazole rings is 1. The largest absolute Gasteiger partial charge is 0.354 e. The first kappa shape index (κ1) is 18.9. The van der Waals surface area contributed by atoms with Crippen molar-refractivity contribution in [3.8, 4) is 0 Å². The molecule has 130 valence electrons. The molecule has 1 aliphatic heterocycles. The van der Waals surface area contributed by atoms with Crippen molar-refractivity contribution in [2.45, 2.75) is 57.7 Å². The Morgan fingerprint density at radius 1 is 1.35 bits per heavy atom. The highest BCUT2D eigenvalue weighted by Crippen LogP contribution is 2.29. The third-order valence-corrected chi connectivity index (χ3v) is 5.54. The maximum atomic E-state index is 4.58. The molecule has 1 aliphatic carbocycles. The molecule has 7 heteroatoms. The fourth-order valence-electron chi connectivity index (χ4n) is 3.00. The van der Waals surface area contributed by atoms with Crippen LogP contribution in [0.25, 0.3) is 0 Å². The molecule has 3 rings (SSSR count). The number of aromatic nitrogens is 1. The lowest BCUT2D eigenvalue weighted by atomic mass is 10.1. The Hall–Kier alpha value is -0.410. The van der Waals surface area contributed by atoms with Gasteiger partial charge in [0.15, 0.2) is 5.96 Å². The second-order valence-corrected chi connectivity index (χ2v) is 7.14. The van der Waals surface area contributed by atoms with E-state index in [1.807, 2.05) is 7.05 Å². The van der Waals surface area contributed by atoms with Crippen LogP contribution < -0.4 is 10.6 Å². The number of nitrogens with zero attached hydrogens (tertiary/aromatic N) is 3. The predicted octanol–water partition coefficient (Wildman–Crippen LogP) is 2.62. The van der Waals surface area contributed by atoms with Crippen LogP contribution in [0.2, 0.25) is 0 Å². The number of hydrogen-bond acceptors (Lipinski definition) is 4. The van der Waals surface area contributed by atoms with Gasteiger partial charge in [-0.05, 0) is 32.1 Å². The average molecular weight is 449 g/mol. The molecule has 0 bridgehead atoms. The average Bonchev–Trinajstić information content (AvgIpc) is 3.30. The van der Waals surface area contributed by atoms with E-state index in [-0.39, 0.29) is 24.0 Å². The molecule has 0 amide bonds. The van der Waals surface area contributed by atoms with Crippen LogP contribution in [0.5, 0.6) is 0 Å². The Kier molecular flexibility index (Phi) is 7.55. The van der Waals surface area contributed by atoms with Crippen molar-refractivity contribution in [2.24, 2.45) is 4.99 Å². The van der Waals surface area contributed by atoms with Gasteiger partial charge >= 0.3 is 0 Å². The number of likely N-dealkylation sites (tertiary alicyclic amines) is 1. The van der Waals surface area contributed by atoms with Gasteiger partial charge in [-0.15, -0.1) is 35.3 Å². The van der Waals surface area contributed by atoms with Gasteiger partial charge in [-0.25, -0.2) is 4.98 Å². The first-order valence-corrected chi connectivity index (χ1v) is 9.31. The minimum Gasteiger partial charge on any atom is -0.354 e. The predicted molar refractivity (Wildman–Crippen MR) is 108 cm³/mol. The molecule has 0 radical (unpaired) electrons. The van der Waals surface area contributed by atoms with Crippen molar-refractivity contribution in [3.05, 3.63) is 16.1 Å². The van der Waals surface area contributed by atoms with E-state index < -0.39 is 0 Å². The summed E-state index contributed by atoms with van der Waals surface area (Å²) in [6.45, 7) is 5.35. The van der Waals surface area contributed by atoms with Crippen molar-refractivity contribution in [1.29, 1.82) is 0 Å². The van der Waals surface area contributed by atoms with Crippen LogP contribution in [0.3, 0.4) is 0 Å². The molecule has 1 saturated heterocycles. The maximum Gasteiger partial charge on any atom is 0.191 e. The molecular formula is C16H28IN5S.